The van der Waals surface area contributed by atoms with Crippen LogP contribution in [-0.2, 0) is 13.1 Å². The van der Waals surface area contributed by atoms with Gasteiger partial charge in [-0.3, -0.25) is 9.78 Å². The summed E-state index contributed by atoms with van der Waals surface area (Å²) >= 11 is 7.96. The monoisotopic (exact) mass is 421 g/mol. The van der Waals surface area contributed by atoms with Crippen LogP contribution in [0.5, 0.6) is 0 Å². The molecule has 0 aliphatic rings. The van der Waals surface area contributed by atoms with E-state index in [9.17, 15) is 4.79 Å². The van der Waals surface area contributed by atoms with Crippen molar-refractivity contribution in [1.29, 1.82) is 0 Å². The molecule has 29 heavy (non-hydrogen) atoms. The van der Waals surface area contributed by atoms with Crippen molar-refractivity contribution in [2.24, 2.45) is 0 Å². The highest BCUT2D eigenvalue weighted by molar-refractivity contribution is 7.12. The number of halogens is 1. The van der Waals surface area contributed by atoms with E-state index < -0.39 is 0 Å². The minimum absolute atomic E-state index is 0.0272. The Kier molecular flexibility index (Phi) is 5.60. The lowest BCUT2D eigenvalue weighted by Crippen LogP contribution is -2.29. The van der Waals surface area contributed by atoms with E-state index in [2.05, 4.69) is 29.0 Å². The van der Waals surface area contributed by atoms with Crippen molar-refractivity contribution in [3.8, 4) is 0 Å². The molecule has 1 aromatic carbocycles. The van der Waals surface area contributed by atoms with E-state index in [4.69, 9.17) is 11.6 Å². The SMILES string of the molecule is Cc1cc(C)c2cc(CN(Cc3cccnc3)C(=O)c3cccs3)c(Cl)nc2c1. The second-order valence-electron chi connectivity index (χ2n) is 7.09. The fourth-order valence-electron chi connectivity index (χ4n) is 3.43. The van der Waals surface area contributed by atoms with Crippen LogP contribution in [0.4, 0.5) is 0 Å². The number of carbonyl (C=O) groups is 1. The van der Waals surface area contributed by atoms with Crippen LogP contribution in [0.25, 0.3) is 10.9 Å². The minimum Gasteiger partial charge on any atom is -0.329 e. The van der Waals surface area contributed by atoms with Crippen molar-refractivity contribution in [3.05, 3.63) is 92.5 Å². The van der Waals surface area contributed by atoms with Gasteiger partial charge in [-0.2, -0.15) is 0 Å². The van der Waals surface area contributed by atoms with Gasteiger partial charge >= 0.3 is 0 Å². The molecule has 4 nitrogen and oxygen atoms in total. The molecule has 1 amide bonds. The third kappa shape index (κ3) is 4.31. The number of hydrogen-bond acceptors (Lipinski definition) is 4. The molecule has 0 saturated carbocycles. The first-order valence-electron chi connectivity index (χ1n) is 9.29. The molecule has 0 radical (unpaired) electrons. The maximum Gasteiger partial charge on any atom is 0.264 e. The van der Waals surface area contributed by atoms with Crippen molar-refractivity contribution in [1.82, 2.24) is 14.9 Å². The van der Waals surface area contributed by atoms with Gasteiger partial charge in [0, 0.05) is 36.4 Å². The Bertz CT molecular complexity index is 1160. The fourth-order valence-corrected chi connectivity index (χ4v) is 4.33. The molecule has 4 aromatic rings. The summed E-state index contributed by atoms with van der Waals surface area (Å²) in [5, 5.41) is 3.39. The third-order valence-electron chi connectivity index (χ3n) is 4.79. The summed E-state index contributed by atoms with van der Waals surface area (Å²) in [6.45, 7) is 4.94. The Hall–Kier alpha value is -2.76. The molecule has 146 valence electrons. The molecule has 0 fully saturated rings. The highest BCUT2D eigenvalue weighted by Gasteiger charge is 2.20. The second-order valence-corrected chi connectivity index (χ2v) is 8.39. The Morgan fingerprint density at radius 1 is 1.14 bits per heavy atom. The van der Waals surface area contributed by atoms with Crippen LogP contribution >= 0.6 is 22.9 Å². The number of rotatable bonds is 5. The first-order chi connectivity index (χ1) is 14.0. The molecule has 3 aromatic heterocycles. The van der Waals surface area contributed by atoms with Crippen LogP contribution in [0.3, 0.4) is 0 Å². The van der Waals surface area contributed by atoms with Crippen LogP contribution in [-0.4, -0.2) is 20.8 Å². The number of amides is 1. The lowest BCUT2D eigenvalue weighted by atomic mass is 10.0. The van der Waals surface area contributed by atoms with Gasteiger partial charge in [0.1, 0.15) is 5.15 Å². The van der Waals surface area contributed by atoms with Gasteiger partial charge in [0.25, 0.3) is 5.91 Å². The number of nitrogens with zero attached hydrogens (tertiary/aromatic N) is 3. The van der Waals surface area contributed by atoms with Crippen LogP contribution in [0.1, 0.15) is 31.9 Å². The van der Waals surface area contributed by atoms with Crippen molar-refractivity contribution >= 4 is 39.7 Å². The van der Waals surface area contributed by atoms with Crippen molar-refractivity contribution in [2.45, 2.75) is 26.9 Å². The number of aromatic nitrogens is 2. The summed E-state index contributed by atoms with van der Waals surface area (Å²) in [7, 11) is 0. The normalized spacial score (nSPS) is 11.0. The summed E-state index contributed by atoms with van der Waals surface area (Å²) in [6, 6.07) is 13.8. The summed E-state index contributed by atoms with van der Waals surface area (Å²) in [5.74, 6) is -0.0272. The zero-order chi connectivity index (χ0) is 20.4. The standard InChI is InChI=1S/C23H20ClN3OS/c1-15-9-16(2)19-11-18(22(24)26-20(19)10-15)14-27(13-17-5-3-7-25-12-17)23(28)21-6-4-8-29-21/h3-12H,13-14H2,1-2H3. The van der Waals surface area contributed by atoms with Gasteiger partial charge in [0.15, 0.2) is 0 Å². The fraction of sp³-hybridized carbons (Fsp3) is 0.174. The Morgan fingerprint density at radius 3 is 2.72 bits per heavy atom. The Labute approximate surface area is 178 Å². The van der Waals surface area contributed by atoms with Crippen LogP contribution in [0.15, 0.2) is 60.2 Å². The van der Waals surface area contributed by atoms with Crippen molar-refractivity contribution in [2.75, 3.05) is 0 Å². The largest absolute Gasteiger partial charge is 0.329 e. The molecule has 3 heterocycles. The van der Waals surface area contributed by atoms with Gasteiger partial charge in [-0.05, 0) is 60.2 Å². The number of hydrogen-bond donors (Lipinski definition) is 0. The highest BCUT2D eigenvalue weighted by atomic mass is 35.5. The highest BCUT2D eigenvalue weighted by Crippen LogP contribution is 2.27. The number of fused-ring (bicyclic) bond motifs is 1. The number of pyridine rings is 2. The van der Waals surface area contributed by atoms with E-state index in [0.717, 1.165) is 33.2 Å². The quantitative estimate of drug-likeness (QED) is 0.382. The van der Waals surface area contributed by atoms with E-state index in [-0.39, 0.29) is 5.91 Å². The smallest absolute Gasteiger partial charge is 0.264 e. The van der Waals surface area contributed by atoms with E-state index in [1.807, 2.05) is 42.6 Å². The molecule has 0 spiro atoms. The molecule has 0 atom stereocenters. The number of benzene rings is 1. The van der Waals surface area contributed by atoms with Gasteiger partial charge in [-0.15, -0.1) is 11.3 Å². The Balaban J connectivity index is 1.71. The molecule has 0 bridgehead atoms. The van der Waals surface area contributed by atoms with Crippen molar-refractivity contribution < 1.29 is 4.79 Å². The lowest BCUT2D eigenvalue weighted by molar-refractivity contribution is 0.0735. The Morgan fingerprint density at radius 2 is 2.00 bits per heavy atom. The van der Waals surface area contributed by atoms with Gasteiger partial charge < -0.3 is 4.90 Å². The van der Waals surface area contributed by atoms with Gasteiger partial charge in [-0.25, -0.2) is 4.98 Å². The molecule has 0 aliphatic carbocycles. The molecule has 0 unspecified atom stereocenters. The van der Waals surface area contributed by atoms with Crippen molar-refractivity contribution in [3.63, 3.8) is 0 Å². The third-order valence-corrected chi connectivity index (χ3v) is 5.97. The van der Waals surface area contributed by atoms with E-state index in [1.165, 1.54) is 11.3 Å². The first-order valence-corrected chi connectivity index (χ1v) is 10.5. The van der Waals surface area contributed by atoms with E-state index >= 15 is 0 Å². The average Bonchev–Trinajstić information content (AvgIpc) is 3.23. The molecule has 0 aliphatic heterocycles. The maximum atomic E-state index is 13.2. The topological polar surface area (TPSA) is 46.1 Å². The first kappa shape index (κ1) is 19.6. The van der Waals surface area contributed by atoms with Gasteiger partial charge in [0.05, 0.1) is 10.4 Å². The summed E-state index contributed by atoms with van der Waals surface area (Å²) in [6.07, 6.45) is 3.51. The maximum absolute atomic E-state index is 13.2. The minimum atomic E-state index is -0.0272. The number of thiophene rings is 1. The molecular formula is C23H20ClN3OS. The zero-order valence-corrected chi connectivity index (χ0v) is 17.8. The lowest BCUT2D eigenvalue weighted by Gasteiger charge is -2.23. The second kappa shape index (κ2) is 8.31. The summed E-state index contributed by atoms with van der Waals surface area (Å²) in [5.41, 5.74) is 4.97. The summed E-state index contributed by atoms with van der Waals surface area (Å²) < 4.78 is 0. The van der Waals surface area contributed by atoms with Crippen LogP contribution < -0.4 is 0 Å². The predicted octanol–water partition coefficient (Wildman–Crippen LogP) is 5.80. The molecular weight excluding hydrogens is 402 g/mol. The summed E-state index contributed by atoms with van der Waals surface area (Å²) in [4.78, 5) is 24.4. The average molecular weight is 422 g/mol. The van der Waals surface area contributed by atoms with Gasteiger partial charge in [-0.1, -0.05) is 29.8 Å². The number of carbonyl (C=O) groups excluding carboxylic acids is 1. The van der Waals surface area contributed by atoms with E-state index in [0.29, 0.717) is 23.1 Å². The molecule has 0 saturated heterocycles. The molecule has 6 heteroatoms. The molecule has 4 rings (SSSR count). The van der Waals surface area contributed by atoms with Crippen LogP contribution in [0, 0.1) is 13.8 Å². The van der Waals surface area contributed by atoms with E-state index in [1.54, 1.807) is 17.3 Å². The van der Waals surface area contributed by atoms with Gasteiger partial charge in [0.2, 0.25) is 0 Å². The van der Waals surface area contributed by atoms with Crippen LogP contribution in [0.2, 0.25) is 5.15 Å². The number of aryl methyl sites for hydroxylation is 2. The molecule has 0 N–H and O–H groups in total. The predicted molar refractivity (Wildman–Crippen MR) is 118 cm³/mol. The zero-order valence-electron chi connectivity index (χ0n) is 16.2.